The lowest BCUT2D eigenvalue weighted by Crippen LogP contribution is -2.43. The van der Waals surface area contributed by atoms with E-state index < -0.39 is 30.2 Å². The SMILES string of the molecule is CC(C)C1(C(=O)O)CCN(CC(O)C(F)(F)F)C1. The van der Waals surface area contributed by atoms with Crippen molar-refractivity contribution in [1.29, 1.82) is 0 Å². The van der Waals surface area contributed by atoms with Gasteiger partial charge in [-0.25, -0.2) is 0 Å². The number of alkyl halides is 3. The predicted molar refractivity (Wildman–Crippen MR) is 58.0 cm³/mol. The molecular formula is C11H18F3NO3. The molecule has 0 saturated carbocycles. The molecule has 0 bridgehead atoms. The maximum Gasteiger partial charge on any atom is 0.415 e. The number of carboxylic acids is 1. The van der Waals surface area contributed by atoms with Gasteiger partial charge < -0.3 is 10.2 Å². The number of aliphatic hydroxyl groups is 1. The Kier molecular flexibility index (Phi) is 4.27. The summed E-state index contributed by atoms with van der Waals surface area (Å²) in [6.45, 7) is 3.24. The zero-order chi connectivity index (χ0) is 14.1. The van der Waals surface area contributed by atoms with Crippen LogP contribution in [0, 0.1) is 11.3 Å². The van der Waals surface area contributed by atoms with Crippen LogP contribution in [0.4, 0.5) is 13.2 Å². The van der Waals surface area contributed by atoms with Crippen molar-refractivity contribution in [2.24, 2.45) is 11.3 Å². The Bertz CT molecular complexity index is 319. The molecule has 2 unspecified atom stereocenters. The van der Waals surface area contributed by atoms with E-state index in [1.807, 2.05) is 0 Å². The average Bonchev–Trinajstić information content (AvgIpc) is 2.61. The van der Waals surface area contributed by atoms with Gasteiger partial charge in [0, 0.05) is 13.1 Å². The Labute approximate surface area is 103 Å². The molecule has 0 aromatic carbocycles. The molecule has 0 aromatic rings. The van der Waals surface area contributed by atoms with Crippen LogP contribution in [0.3, 0.4) is 0 Å². The number of carboxylic acid groups (broad SMARTS) is 1. The maximum absolute atomic E-state index is 12.2. The van der Waals surface area contributed by atoms with Gasteiger partial charge in [-0.2, -0.15) is 13.2 Å². The van der Waals surface area contributed by atoms with E-state index in [2.05, 4.69) is 0 Å². The van der Waals surface area contributed by atoms with Crippen molar-refractivity contribution in [1.82, 2.24) is 4.90 Å². The van der Waals surface area contributed by atoms with E-state index in [4.69, 9.17) is 5.11 Å². The average molecular weight is 269 g/mol. The van der Waals surface area contributed by atoms with Crippen LogP contribution in [0.25, 0.3) is 0 Å². The standard InChI is InChI=1S/C11H18F3NO3/c1-7(2)10(9(17)18)3-4-15(6-10)5-8(16)11(12,13)14/h7-8,16H,3-6H2,1-2H3,(H,17,18). The van der Waals surface area contributed by atoms with Crippen molar-refractivity contribution < 1.29 is 28.2 Å². The Hall–Kier alpha value is -0.820. The van der Waals surface area contributed by atoms with Crippen LogP contribution in [-0.2, 0) is 4.79 Å². The van der Waals surface area contributed by atoms with Crippen molar-refractivity contribution in [2.75, 3.05) is 19.6 Å². The maximum atomic E-state index is 12.2. The molecule has 0 radical (unpaired) electrons. The Morgan fingerprint density at radius 1 is 1.44 bits per heavy atom. The summed E-state index contributed by atoms with van der Waals surface area (Å²) in [6.07, 6.45) is -6.77. The van der Waals surface area contributed by atoms with E-state index >= 15 is 0 Å². The molecular weight excluding hydrogens is 251 g/mol. The number of nitrogens with zero attached hydrogens (tertiary/aromatic N) is 1. The van der Waals surface area contributed by atoms with Gasteiger partial charge in [0.25, 0.3) is 0 Å². The minimum absolute atomic E-state index is 0.0487. The quantitative estimate of drug-likeness (QED) is 0.808. The van der Waals surface area contributed by atoms with Crippen LogP contribution in [0.5, 0.6) is 0 Å². The Morgan fingerprint density at radius 3 is 2.33 bits per heavy atom. The number of β-amino-alcohol motifs (C(OH)–C–C–N with tert-alkyl or cyclic N) is 1. The highest BCUT2D eigenvalue weighted by Crippen LogP contribution is 2.38. The van der Waals surface area contributed by atoms with E-state index in [0.29, 0.717) is 6.42 Å². The number of aliphatic carboxylic acids is 1. The molecule has 18 heavy (non-hydrogen) atoms. The first-order chi connectivity index (χ1) is 8.09. The van der Waals surface area contributed by atoms with Crippen molar-refractivity contribution in [3.63, 3.8) is 0 Å². The molecule has 4 nitrogen and oxygen atoms in total. The zero-order valence-corrected chi connectivity index (χ0v) is 10.4. The minimum atomic E-state index is -4.66. The molecule has 0 aliphatic carbocycles. The van der Waals surface area contributed by atoms with Crippen LogP contribution in [0.1, 0.15) is 20.3 Å². The number of rotatable bonds is 4. The van der Waals surface area contributed by atoms with Crippen LogP contribution in [0.2, 0.25) is 0 Å². The number of hydrogen-bond acceptors (Lipinski definition) is 3. The van der Waals surface area contributed by atoms with Crippen LogP contribution >= 0.6 is 0 Å². The fourth-order valence-corrected chi connectivity index (χ4v) is 2.31. The monoisotopic (exact) mass is 269 g/mol. The molecule has 2 N–H and O–H groups in total. The number of carbonyl (C=O) groups is 1. The van der Waals surface area contributed by atoms with Crippen molar-refractivity contribution in [3.05, 3.63) is 0 Å². The topological polar surface area (TPSA) is 60.8 Å². The second kappa shape index (κ2) is 5.05. The smallest absolute Gasteiger partial charge is 0.415 e. The van der Waals surface area contributed by atoms with E-state index in [1.54, 1.807) is 13.8 Å². The summed E-state index contributed by atoms with van der Waals surface area (Å²) in [4.78, 5) is 12.6. The van der Waals surface area contributed by atoms with Gasteiger partial charge >= 0.3 is 12.1 Å². The summed E-state index contributed by atoms with van der Waals surface area (Å²) in [7, 11) is 0. The summed E-state index contributed by atoms with van der Waals surface area (Å²) >= 11 is 0. The summed E-state index contributed by atoms with van der Waals surface area (Å²) in [5.74, 6) is -1.15. The number of aliphatic hydroxyl groups excluding tert-OH is 1. The first kappa shape index (κ1) is 15.2. The van der Waals surface area contributed by atoms with Crippen molar-refractivity contribution in [2.45, 2.75) is 32.5 Å². The third-order valence-electron chi connectivity index (χ3n) is 3.72. The predicted octanol–water partition coefficient (Wildman–Crippen LogP) is 1.34. The summed E-state index contributed by atoms with van der Waals surface area (Å²) in [5.41, 5.74) is -1.01. The van der Waals surface area contributed by atoms with E-state index in [-0.39, 0.29) is 19.0 Å². The van der Waals surface area contributed by atoms with Gasteiger partial charge in [-0.1, -0.05) is 13.8 Å². The van der Waals surface area contributed by atoms with E-state index in [0.717, 1.165) is 0 Å². The third-order valence-corrected chi connectivity index (χ3v) is 3.72. The second-order valence-electron chi connectivity index (χ2n) is 5.16. The van der Waals surface area contributed by atoms with Gasteiger partial charge in [-0.05, 0) is 18.9 Å². The third kappa shape index (κ3) is 2.95. The molecule has 7 heteroatoms. The molecule has 1 rings (SSSR count). The largest absolute Gasteiger partial charge is 0.481 e. The Balaban J connectivity index is 2.68. The molecule has 0 spiro atoms. The first-order valence-corrected chi connectivity index (χ1v) is 5.80. The Morgan fingerprint density at radius 2 is 2.00 bits per heavy atom. The number of hydrogen-bond donors (Lipinski definition) is 2. The van der Waals surface area contributed by atoms with E-state index in [9.17, 15) is 23.1 Å². The number of halogens is 3. The molecule has 1 saturated heterocycles. The number of likely N-dealkylation sites (tertiary alicyclic amines) is 1. The van der Waals surface area contributed by atoms with Crippen molar-refractivity contribution >= 4 is 5.97 Å². The highest BCUT2D eigenvalue weighted by atomic mass is 19.4. The van der Waals surface area contributed by atoms with Gasteiger partial charge in [0.05, 0.1) is 5.41 Å². The lowest BCUT2D eigenvalue weighted by Gasteiger charge is -2.29. The van der Waals surface area contributed by atoms with Gasteiger partial charge in [0.15, 0.2) is 6.10 Å². The zero-order valence-electron chi connectivity index (χ0n) is 10.4. The molecule has 1 aliphatic heterocycles. The van der Waals surface area contributed by atoms with Crippen LogP contribution < -0.4 is 0 Å². The summed E-state index contributed by atoms with van der Waals surface area (Å²) < 4.78 is 36.7. The van der Waals surface area contributed by atoms with Gasteiger partial charge in [-0.3, -0.25) is 9.69 Å². The van der Waals surface area contributed by atoms with Gasteiger partial charge in [-0.15, -0.1) is 0 Å². The fourth-order valence-electron chi connectivity index (χ4n) is 2.31. The summed E-state index contributed by atoms with van der Waals surface area (Å²) in [6, 6.07) is 0. The van der Waals surface area contributed by atoms with Crippen molar-refractivity contribution in [3.8, 4) is 0 Å². The highest BCUT2D eigenvalue weighted by Gasteiger charge is 2.49. The molecule has 1 fully saturated rings. The molecule has 0 aromatic heterocycles. The van der Waals surface area contributed by atoms with Crippen LogP contribution in [-0.4, -0.2) is 53.0 Å². The fraction of sp³-hybridized carbons (Fsp3) is 0.909. The molecule has 2 atom stereocenters. The molecule has 1 heterocycles. The minimum Gasteiger partial charge on any atom is -0.481 e. The summed E-state index contributed by atoms with van der Waals surface area (Å²) in [5, 5.41) is 18.2. The normalized spacial score (nSPS) is 27.7. The van der Waals surface area contributed by atoms with Crippen LogP contribution in [0.15, 0.2) is 0 Å². The molecule has 0 amide bonds. The lowest BCUT2D eigenvalue weighted by molar-refractivity contribution is -0.207. The van der Waals surface area contributed by atoms with E-state index in [1.165, 1.54) is 4.90 Å². The second-order valence-corrected chi connectivity index (χ2v) is 5.16. The lowest BCUT2D eigenvalue weighted by atomic mass is 9.76. The van der Waals surface area contributed by atoms with Gasteiger partial charge in [0.2, 0.25) is 0 Å². The first-order valence-electron chi connectivity index (χ1n) is 5.80. The molecule has 1 aliphatic rings. The molecule has 106 valence electrons. The van der Waals surface area contributed by atoms with Gasteiger partial charge in [0.1, 0.15) is 0 Å². The highest BCUT2D eigenvalue weighted by molar-refractivity contribution is 5.75.